The fourth-order valence-electron chi connectivity index (χ4n) is 1.39. The fraction of sp³-hybridized carbons (Fsp3) is 0.333. The molecule has 0 unspecified atom stereocenters. The second-order valence-corrected chi connectivity index (χ2v) is 5.76. The number of esters is 1. The van der Waals surface area contributed by atoms with Gasteiger partial charge in [-0.1, -0.05) is 0 Å². The number of carbonyl (C=O) groups is 2. The topological polar surface area (TPSA) is 89.5 Å². The Morgan fingerprint density at radius 3 is 2.26 bits per heavy atom. The molecule has 0 bridgehead atoms. The molecule has 1 aromatic rings. The number of benzene rings is 1. The van der Waals surface area contributed by atoms with E-state index in [9.17, 15) is 18.0 Å². The molecule has 1 amide bonds. The molecule has 0 saturated carbocycles. The lowest BCUT2D eigenvalue weighted by Crippen LogP contribution is -2.18. The third-order valence-corrected chi connectivity index (χ3v) is 3.75. The van der Waals surface area contributed by atoms with E-state index in [1.54, 1.807) is 6.92 Å². The predicted molar refractivity (Wildman–Crippen MR) is 69.4 cm³/mol. The molecule has 0 aliphatic rings. The molecular weight excluding hydrogens is 270 g/mol. The largest absolute Gasteiger partial charge is 0.465 e. The molecule has 0 saturated heterocycles. The van der Waals surface area contributed by atoms with Crippen molar-refractivity contribution in [2.24, 2.45) is 0 Å². The van der Waals surface area contributed by atoms with Gasteiger partial charge < -0.3 is 10.1 Å². The minimum absolute atomic E-state index is 0.00894. The lowest BCUT2D eigenvalue weighted by atomic mass is 10.3. The molecular formula is C12H15NO5S. The van der Waals surface area contributed by atoms with Crippen molar-refractivity contribution < 1.29 is 22.7 Å². The van der Waals surface area contributed by atoms with Crippen LogP contribution in [-0.2, 0) is 24.2 Å². The summed E-state index contributed by atoms with van der Waals surface area (Å²) in [6.45, 7) is 3.09. The number of amides is 1. The van der Waals surface area contributed by atoms with E-state index in [4.69, 9.17) is 0 Å². The minimum Gasteiger partial charge on any atom is -0.465 e. The van der Waals surface area contributed by atoms with Gasteiger partial charge in [0.2, 0.25) is 5.91 Å². The molecule has 104 valence electrons. The molecule has 0 heterocycles. The zero-order valence-corrected chi connectivity index (χ0v) is 11.5. The highest BCUT2D eigenvalue weighted by atomic mass is 32.2. The molecule has 0 aliphatic carbocycles. The number of anilines is 1. The van der Waals surface area contributed by atoms with Crippen molar-refractivity contribution in [2.75, 3.05) is 17.7 Å². The minimum atomic E-state index is -3.71. The van der Waals surface area contributed by atoms with E-state index in [2.05, 4.69) is 10.1 Å². The molecule has 0 aromatic heterocycles. The van der Waals surface area contributed by atoms with Gasteiger partial charge in [0.15, 0.2) is 15.6 Å². The van der Waals surface area contributed by atoms with Crippen molar-refractivity contribution in [3.8, 4) is 0 Å². The lowest BCUT2D eigenvalue weighted by Gasteiger charge is -2.06. The summed E-state index contributed by atoms with van der Waals surface area (Å²) in [5, 5.41) is 2.52. The van der Waals surface area contributed by atoms with Gasteiger partial charge in [-0.2, -0.15) is 0 Å². The van der Waals surface area contributed by atoms with E-state index in [0.29, 0.717) is 5.69 Å². The number of hydrogen-bond acceptors (Lipinski definition) is 5. The quantitative estimate of drug-likeness (QED) is 0.815. The van der Waals surface area contributed by atoms with Crippen molar-refractivity contribution >= 4 is 27.4 Å². The summed E-state index contributed by atoms with van der Waals surface area (Å²) in [7, 11) is -3.71. The Balaban J connectivity index is 2.84. The Labute approximate surface area is 111 Å². The molecule has 19 heavy (non-hydrogen) atoms. The van der Waals surface area contributed by atoms with E-state index in [0.717, 1.165) is 0 Å². The van der Waals surface area contributed by atoms with Gasteiger partial charge in [-0.05, 0) is 31.2 Å². The van der Waals surface area contributed by atoms with E-state index >= 15 is 0 Å². The molecule has 0 fully saturated rings. The molecule has 1 rings (SSSR count). The van der Waals surface area contributed by atoms with E-state index < -0.39 is 21.6 Å². The first-order valence-electron chi connectivity index (χ1n) is 5.61. The van der Waals surface area contributed by atoms with Crippen LogP contribution in [0.5, 0.6) is 0 Å². The highest BCUT2D eigenvalue weighted by Crippen LogP contribution is 2.15. The van der Waals surface area contributed by atoms with Crippen molar-refractivity contribution in [2.45, 2.75) is 18.7 Å². The Hall–Kier alpha value is -1.89. The van der Waals surface area contributed by atoms with Crippen LogP contribution in [0.25, 0.3) is 0 Å². The van der Waals surface area contributed by atoms with Crippen molar-refractivity contribution in [3.63, 3.8) is 0 Å². The third-order valence-electron chi connectivity index (χ3n) is 2.15. The highest BCUT2D eigenvalue weighted by Gasteiger charge is 2.20. The van der Waals surface area contributed by atoms with Crippen LogP contribution in [0.2, 0.25) is 0 Å². The maximum Gasteiger partial charge on any atom is 0.321 e. The van der Waals surface area contributed by atoms with Crippen LogP contribution in [0.3, 0.4) is 0 Å². The van der Waals surface area contributed by atoms with Gasteiger partial charge in [0.25, 0.3) is 0 Å². The first-order chi connectivity index (χ1) is 8.85. The maximum atomic E-state index is 11.9. The normalized spacial score (nSPS) is 10.8. The highest BCUT2D eigenvalue weighted by molar-refractivity contribution is 7.92. The summed E-state index contributed by atoms with van der Waals surface area (Å²) in [6.07, 6.45) is 0. The number of rotatable bonds is 5. The van der Waals surface area contributed by atoms with E-state index in [1.807, 2.05) is 0 Å². The summed E-state index contributed by atoms with van der Waals surface area (Å²) >= 11 is 0. The Bertz CT molecular complexity index is 562. The molecule has 0 radical (unpaired) electrons. The summed E-state index contributed by atoms with van der Waals surface area (Å²) in [5.41, 5.74) is 0.489. The summed E-state index contributed by atoms with van der Waals surface area (Å²) < 4.78 is 28.3. The molecule has 6 nitrogen and oxygen atoms in total. The van der Waals surface area contributed by atoms with Crippen LogP contribution in [-0.4, -0.2) is 32.7 Å². The van der Waals surface area contributed by atoms with Gasteiger partial charge in [0.1, 0.15) is 0 Å². The first-order valence-corrected chi connectivity index (χ1v) is 7.26. The fourth-order valence-corrected chi connectivity index (χ4v) is 2.50. The molecule has 1 aromatic carbocycles. The third kappa shape index (κ3) is 4.70. The number of sulfone groups is 1. The van der Waals surface area contributed by atoms with Crippen LogP contribution in [0.4, 0.5) is 5.69 Å². The van der Waals surface area contributed by atoms with Gasteiger partial charge in [-0.15, -0.1) is 0 Å². The Morgan fingerprint density at radius 1 is 1.21 bits per heavy atom. The Kier molecular flexibility index (Phi) is 5.05. The smallest absolute Gasteiger partial charge is 0.321 e. The van der Waals surface area contributed by atoms with Crippen molar-refractivity contribution in [1.29, 1.82) is 0 Å². The Morgan fingerprint density at radius 2 is 1.79 bits per heavy atom. The number of nitrogens with one attached hydrogen (secondary N) is 1. The summed E-state index contributed by atoms with van der Waals surface area (Å²) in [5.74, 6) is -1.73. The second-order valence-electron chi connectivity index (χ2n) is 3.77. The molecule has 1 N–H and O–H groups in total. The number of ether oxygens (including phenoxy) is 1. The molecule has 7 heteroatoms. The maximum absolute atomic E-state index is 11.9. The summed E-state index contributed by atoms with van der Waals surface area (Å²) in [4.78, 5) is 22.0. The van der Waals surface area contributed by atoms with E-state index in [-0.39, 0.29) is 17.4 Å². The molecule has 0 aliphatic heterocycles. The number of carbonyl (C=O) groups excluding carboxylic acids is 2. The zero-order chi connectivity index (χ0) is 14.5. The van der Waals surface area contributed by atoms with Crippen LogP contribution < -0.4 is 5.32 Å². The average Bonchev–Trinajstić information content (AvgIpc) is 2.28. The molecule has 0 atom stereocenters. The first kappa shape index (κ1) is 15.2. The van der Waals surface area contributed by atoms with Gasteiger partial charge in [0.05, 0.1) is 11.5 Å². The second kappa shape index (κ2) is 6.33. The van der Waals surface area contributed by atoms with Gasteiger partial charge >= 0.3 is 5.97 Å². The average molecular weight is 285 g/mol. The van der Waals surface area contributed by atoms with Crippen molar-refractivity contribution in [1.82, 2.24) is 0 Å². The lowest BCUT2D eigenvalue weighted by molar-refractivity contribution is -0.140. The van der Waals surface area contributed by atoms with Gasteiger partial charge in [0, 0.05) is 12.6 Å². The van der Waals surface area contributed by atoms with Crippen LogP contribution in [0.1, 0.15) is 13.8 Å². The van der Waals surface area contributed by atoms with Crippen molar-refractivity contribution in [3.05, 3.63) is 24.3 Å². The predicted octanol–water partition coefficient (Wildman–Crippen LogP) is 0.982. The van der Waals surface area contributed by atoms with E-state index in [1.165, 1.54) is 31.2 Å². The standard InChI is InChI=1S/C12H15NO5S/c1-3-18-12(15)8-19(16,17)11-6-4-10(5-7-11)13-9(2)14/h4-7H,3,8H2,1-2H3,(H,13,14). The van der Waals surface area contributed by atoms with Crippen LogP contribution in [0.15, 0.2) is 29.2 Å². The SMILES string of the molecule is CCOC(=O)CS(=O)(=O)c1ccc(NC(C)=O)cc1. The number of hydrogen-bond donors (Lipinski definition) is 1. The van der Waals surface area contributed by atoms with Crippen LogP contribution >= 0.6 is 0 Å². The zero-order valence-electron chi connectivity index (χ0n) is 10.7. The van der Waals surface area contributed by atoms with Gasteiger partial charge in [-0.25, -0.2) is 8.42 Å². The molecule has 0 spiro atoms. The summed E-state index contributed by atoms with van der Waals surface area (Å²) in [6, 6.07) is 5.58. The monoisotopic (exact) mass is 285 g/mol. The van der Waals surface area contributed by atoms with Gasteiger partial charge in [-0.3, -0.25) is 9.59 Å². The van der Waals surface area contributed by atoms with Crippen LogP contribution in [0, 0.1) is 0 Å².